The minimum absolute atomic E-state index is 0.200. The van der Waals surface area contributed by atoms with Crippen LogP contribution < -0.4 is 11.1 Å². The summed E-state index contributed by atoms with van der Waals surface area (Å²) in [5, 5.41) is 4.73. The number of para-hydroxylation sites is 2. The van der Waals surface area contributed by atoms with E-state index in [2.05, 4.69) is 5.32 Å². The van der Waals surface area contributed by atoms with Gasteiger partial charge in [-0.15, -0.1) is 11.3 Å². The van der Waals surface area contributed by atoms with Crippen molar-refractivity contribution < 1.29 is 9.53 Å². The molecule has 4 nitrogen and oxygen atoms in total. The fourth-order valence-corrected chi connectivity index (χ4v) is 2.15. The number of nitrogen functional groups attached to an aromatic ring is 1. The summed E-state index contributed by atoms with van der Waals surface area (Å²) in [7, 11) is 0. The van der Waals surface area contributed by atoms with Crippen LogP contribution in [0.2, 0.25) is 0 Å². The predicted octanol–water partition coefficient (Wildman–Crippen LogP) is 2.87. The maximum atomic E-state index is 11.9. The first kappa shape index (κ1) is 13.6. The van der Waals surface area contributed by atoms with E-state index in [0.29, 0.717) is 18.0 Å². The summed E-state index contributed by atoms with van der Waals surface area (Å²) in [4.78, 5) is 13.0. The van der Waals surface area contributed by atoms with Crippen molar-refractivity contribution in [3.05, 3.63) is 46.7 Å². The molecule has 0 radical (unpaired) electrons. The molecule has 0 aliphatic heterocycles. The number of carbonyl (C=O) groups excluding carboxylic acids is 1. The summed E-state index contributed by atoms with van der Waals surface area (Å²) < 4.78 is 5.52. The van der Waals surface area contributed by atoms with Gasteiger partial charge in [0.25, 0.3) is 5.91 Å². The maximum Gasteiger partial charge on any atom is 0.253 e. The Balaban J connectivity index is 1.87. The first-order chi connectivity index (χ1) is 9.16. The van der Waals surface area contributed by atoms with Crippen molar-refractivity contribution in [2.24, 2.45) is 0 Å². The zero-order valence-corrected chi connectivity index (χ0v) is 11.4. The summed E-state index contributed by atoms with van der Waals surface area (Å²) in [6.07, 6.45) is -0.526. The third-order valence-corrected chi connectivity index (χ3v) is 3.49. The van der Waals surface area contributed by atoms with Crippen molar-refractivity contribution in [2.45, 2.75) is 19.6 Å². The quantitative estimate of drug-likeness (QED) is 0.825. The highest BCUT2D eigenvalue weighted by molar-refractivity contribution is 7.09. The number of amides is 1. The molecule has 0 aliphatic rings. The van der Waals surface area contributed by atoms with Gasteiger partial charge in [0.1, 0.15) is 6.10 Å². The molecule has 1 amide bonds. The van der Waals surface area contributed by atoms with Crippen molar-refractivity contribution in [1.82, 2.24) is 0 Å². The van der Waals surface area contributed by atoms with E-state index in [1.807, 2.05) is 29.6 Å². The molecular weight excluding hydrogens is 260 g/mol. The molecule has 5 heteroatoms. The first-order valence-corrected chi connectivity index (χ1v) is 6.84. The summed E-state index contributed by atoms with van der Waals surface area (Å²) in [6.45, 7) is 2.17. The third-order valence-electron chi connectivity index (χ3n) is 2.64. The topological polar surface area (TPSA) is 64.3 Å². The van der Waals surface area contributed by atoms with Crippen molar-refractivity contribution in [1.29, 1.82) is 0 Å². The van der Waals surface area contributed by atoms with E-state index in [-0.39, 0.29) is 5.91 Å². The molecule has 1 atom stereocenters. The van der Waals surface area contributed by atoms with Gasteiger partial charge in [-0.1, -0.05) is 18.2 Å². The van der Waals surface area contributed by atoms with E-state index in [1.165, 1.54) is 0 Å². The van der Waals surface area contributed by atoms with Crippen LogP contribution in [0.4, 0.5) is 11.4 Å². The molecule has 1 unspecified atom stereocenters. The number of hydrogen-bond donors (Lipinski definition) is 2. The number of ether oxygens (including phenoxy) is 1. The molecule has 1 heterocycles. The SMILES string of the molecule is CC(OCc1cccs1)C(=O)Nc1ccccc1N. The first-order valence-electron chi connectivity index (χ1n) is 5.96. The number of thiophene rings is 1. The van der Waals surface area contributed by atoms with Crippen LogP contribution >= 0.6 is 11.3 Å². The molecule has 0 aliphatic carbocycles. The lowest BCUT2D eigenvalue weighted by Crippen LogP contribution is -2.27. The maximum absolute atomic E-state index is 11.9. The van der Waals surface area contributed by atoms with Gasteiger partial charge in [0.05, 0.1) is 18.0 Å². The second kappa shape index (κ2) is 6.36. The Morgan fingerprint density at radius 3 is 2.84 bits per heavy atom. The van der Waals surface area contributed by atoms with Crippen molar-refractivity contribution >= 4 is 28.6 Å². The average Bonchev–Trinajstić information content (AvgIpc) is 2.91. The van der Waals surface area contributed by atoms with Crippen LogP contribution in [0, 0.1) is 0 Å². The fourth-order valence-electron chi connectivity index (χ4n) is 1.52. The van der Waals surface area contributed by atoms with Gasteiger partial charge in [-0.3, -0.25) is 4.79 Å². The molecule has 3 N–H and O–H groups in total. The van der Waals surface area contributed by atoms with Crippen LogP contribution in [0.1, 0.15) is 11.8 Å². The Morgan fingerprint density at radius 2 is 2.16 bits per heavy atom. The molecular formula is C14H16N2O2S. The standard InChI is InChI=1S/C14H16N2O2S/c1-10(18-9-11-5-4-8-19-11)14(17)16-13-7-3-2-6-12(13)15/h2-8,10H,9,15H2,1H3,(H,16,17). The van der Waals surface area contributed by atoms with Gasteiger partial charge in [-0.05, 0) is 30.5 Å². The van der Waals surface area contributed by atoms with Gasteiger partial charge in [0, 0.05) is 4.88 Å². The van der Waals surface area contributed by atoms with Gasteiger partial charge >= 0.3 is 0 Å². The minimum atomic E-state index is -0.526. The monoisotopic (exact) mass is 276 g/mol. The Labute approximate surface area is 116 Å². The normalized spacial score (nSPS) is 12.1. The van der Waals surface area contributed by atoms with Gasteiger partial charge in [0.2, 0.25) is 0 Å². The largest absolute Gasteiger partial charge is 0.397 e. The van der Waals surface area contributed by atoms with Crippen LogP contribution in [-0.2, 0) is 16.1 Å². The van der Waals surface area contributed by atoms with Gasteiger partial charge < -0.3 is 15.8 Å². The lowest BCUT2D eigenvalue weighted by atomic mass is 10.2. The second-order valence-corrected chi connectivity index (χ2v) is 5.14. The lowest BCUT2D eigenvalue weighted by molar-refractivity contribution is -0.127. The fraction of sp³-hybridized carbons (Fsp3) is 0.214. The summed E-state index contributed by atoms with van der Waals surface area (Å²) in [5.74, 6) is -0.200. The summed E-state index contributed by atoms with van der Waals surface area (Å²) in [5.41, 5.74) is 6.92. The van der Waals surface area contributed by atoms with E-state index < -0.39 is 6.10 Å². The second-order valence-electron chi connectivity index (χ2n) is 4.11. The molecule has 1 aromatic carbocycles. The van der Waals surface area contributed by atoms with Crippen molar-refractivity contribution in [3.63, 3.8) is 0 Å². The van der Waals surface area contributed by atoms with Crippen LogP contribution in [0.15, 0.2) is 41.8 Å². The summed E-state index contributed by atoms with van der Waals surface area (Å²) >= 11 is 1.61. The zero-order valence-electron chi connectivity index (χ0n) is 10.6. The molecule has 2 rings (SSSR count). The predicted molar refractivity (Wildman–Crippen MR) is 78.1 cm³/mol. The minimum Gasteiger partial charge on any atom is -0.397 e. The molecule has 1 aromatic heterocycles. The highest BCUT2D eigenvalue weighted by atomic mass is 32.1. The van der Waals surface area contributed by atoms with Crippen LogP contribution in [0.25, 0.3) is 0 Å². The summed E-state index contributed by atoms with van der Waals surface area (Å²) in [6, 6.07) is 11.1. The number of rotatable bonds is 5. The zero-order chi connectivity index (χ0) is 13.7. The van der Waals surface area contributed by atoms with Gasteiger partial charge in [-0.2, -0.15) is 0 Å². The van der Waals surface area contributed by atoms with Crippen LogP contribution in [0.3, 0.4) is 0 Å². The molecule has 19 heavy (non-hydrogen) atoms. The van der Waals surface area contributed by atoms with E-state index in [0.717, 1.165) is 4.88 Å². The highest BCUT2D eigenvalue weighted by Crippen LogP contribution is 2.17. The number of anilines is 2. The molecule has 0 saturated heterocycles. The van der Waals surface area contributed by atoms with Crippen LogP contribution in [0.5, 0.6) is 0 Å². The number of benzene rings is 1. The van der Waals surface area contributed by atoms with Gasteiger partial charge in [0.15, 0.2) is 0 Å². The Kier molecular flexibility index (Phi) is 4.54. The highest BCUT2D eigenvalue weighted by Gasteiger charge is 2.14. The molecule has 2 aromatic rings. The van der Waals surface area contributed by atoms with Crippen molar-refractivity contribution in [3.8, 4) is 0 Å². The van der Waals surface area contributed by atoms with E-state index in [4.69, 9.17) is 10.5 Å². The number of nitrogens with one attached hydrogen (secondary N) is 1. The average molecular weight is 276 g/mol. The van der Waals surface area contributed by atoms with Gasteiger partial charge in [-0.25, -0.2) is 0 Å². The third kappa shape index (κ3) is 3.81. The Morgan fingerprint density at radius 1 is 1.37 bits per heavy atom. The van der Waals surface area contributed by atoms with Crippen LogP contribution in [-0.4, -0.2) is 12.0 Å². The number of carbonyl (C=O) groups is 1. The van der Waals surface area contributed by atoms with E-state index in [9.17, 15) is 4.79 Å². The smallest absolute Gasteiger partial charge is 0.253 e. The number of nitrogens with two attached hydrogens (primary N) is 1. The van der Waals surface area contributed by atoms with E-state index >= 15 is 0 Å². The Hall–Kier alpha value is -1.85. The molecule has 100 valence electrons. The Bertz CT molecular complexity index is 540. The van der Waals surface area contributed by atoms with E-state index in [1.54, 1.807) is 30.4 Å². The lowest BCUT2D eigenvalue weighted by Gasteiger charge is -2.13. The number of hydrogen-bond acceptors (Lipinski definition) is 4. The molecule has 0 saturated carbocycles. The molecule has 0 spiro atoms. The molecule has 0 fully saturated rings. The molecule has 0 bridgehead atoms. The van der Waals surface area contributed by atoms with Crippen molar-refractivity contribution in [2.75, 3.05) is 11.1 Å².